The zero-order valence-corrected chi connectivity index (χ0v) is 16.0. The molecule has 2 aromatic heterocycles. The predicted molar refractivity (Wildman–Crippen MR) is 104 cm³/mol. The van der Waals surface area contributed by atoms with Crippen molar-refractivity contribution in [1.29, 1.82) is 5.26 Å². The maximum absolute atomic E-state index is 11.5. The van der Waals surface area contributed by atoms with Crippen LogP contribution >= 0.6 is 0 Å². The van der Waals surface area contributed by atoms with Gasteiger partial charge in [0.05, 0.1) is 0 Å². The molecule has 8 nitrogen and oxygen atoms in total. The van der Waals surface area contributed by atoms with Gasteiger partial charge in [-0.3, -0.25) is 4.79 Å². The maximum Gasteiger partial charge on any atom is 0.266 e. The standard InChI is InChI=1S/C21H20N4O4/c1-15(26)24-9-11-25(12-10-24)21-18(13-22)23-20(29-21)19-8-7-17(28-19)14-27-16-5-3-2-4-6-16/h2-8H,9-12,14H2,1H3. The second-order valence-electron chi connectivity index (χ2n) is 6.65. The quantitative estimate of drug-likeness (QED) is 0.658. The number of amides is 1. The van der Waals surface area contributed by atoms with E-state index in [1.165, 1.54) is 0 Å². The molecule has 0 atom stereocenters. The largest absolute Gasteiger partial charge is 0.486 e. The van der Waals surface area contributed by atoms with Crippen LogP contribution in [-0.2, 0) is 11.4 Å². The first-order chi connectivity index (χ1) is 14.1. The molecule has 0 N–H and O–H groups in total. The predicted octanol–water partition coefficient (Wildman–Crippen LogP) is 3.05. The lowest BCUT2D eigenvalue weighted by atomic mass is 10.3. The molecule has 0 aliphatic carbocycles. The Bertz CT molecular complexity index is 1030. The highest BCUT2D eigenvalue weighted by Crippen LogP contribution is 2.30. The average Bonchev–Trinajstić information content (AvgIpc) is 3.40. The van der Waals surface area contributed by atoms with Crippen LogP contribution in [0.5, 0.6) is 5.75 Å². The zero-order chi connectivity index (χ0) is 20.2. The number of anilines is 1. The summed E-state index contributed by atoms with van der Waals surface area (Å²) in [6.45, 7) is 4.15. The Morgan fingerprint density at radius 1 is 1.14 bits per heavy atom. The maximum atomic E-state index is 11.5. The molecular weight excluding hydrogens is 372 g/mol. The van der Waals surface area contributed by atoms with Gasteiger partial charge in [0.25, 0.3) is 5.89 Å². The van der Waals surface area contributed by atoms with Crippen LogP contribution in [0.15, 0.2) is 51.3 Å². The molecule has 3 aromatic rings. The van der Waals surface area contributed by atoms with Crippen LogP contribution in [0, 0.1) is 11.3 Å². The molecule has 0 radical (unpaired) electrons. The van der Waals surface area contributed by atoms with Crippen LogP contribution in [0.25, 0.3) is 11.7 Å². The number of ether oxygens (including phenoxy) is 1. The number of para-hydroxylation sites is 1. The summed E-state index contributed by atoms with van der Waals surface area (Å²) in [5.41, 5.74) is 0.203. The van der Waals surface area contributed by atoms with Crippen molar-refractivity contribution in [3.05, 3.63) is 53.9 Å². The number of furan rings is 1. The minimum absolute atomic E-state index is 0.0456. The van der Waals surface area contributed by atoms with Crippen molar-refractivity contribution in [2.45, 2.75) is 13.5 Å². The van der Waals surface area contributed by atoms with Gasteiger partial charge in [-0.2, -0.15) is 10.2 Å². The average molecular weight is 392 g/mol. The molecule has 0 bridgehead atoms. The summed E-state index contributed by atoms with van der Waals surface area (Å²) in [6, 6.07) is 15.1. The minimum atomic E-state index is 0.0456. The van der Waals surface area contributed by atoms with Crippen molar-refractivity contribution < 1.29 is 18.4 Å². The Hall–Kier alpha value is -3.73. The number of rotatable bonds is 5. The first-order valence-corrected chi connectivity index (χ1v) is 9.32. The molecule has 1 fully saturated rings. The first kappa shape index (κ1) is 18.6. The molecule has 29 heavy (non-hydrogen) atoms. The second-order valence-corrected chi connectivity index (χ2v) is 6.65. The highest BCUT2D eigenvalue weighted by atomic mass is 16.5. The smallest absolute Gasteiger partial charge is 0.266 e. The number of carbonyl (C=O) groups is 1. The van der Waals surface area contributed by atoms with Gasteiger partial charge in [-0.25, -0.2) is 0 Å². The van der Waals surface area contributed by atoms with Crippen molar-refractivity contribution in [2.24, 2.45) is 0 Å². The van der Waals surface area contributed by atoms with Gasteiger partial charge < -0.3 is 23.4 Å². The van der Waals surface area contributed by atoms with E-state index in [-0.39, 0.29) is 24.1 Å². The highest BCUT2D eigenvalue weighted by Gasteiger charge is 2.26. The Morgan fingerprint density at radius 3 is 2.59 bits per heavy atom. The lowest BCUT2D eigenvalue weighted by Gasteiger charge is -2.33. The number of nitrogens with zero attached hydrogens (tertiary/aromatic N) is 4. The number of nitriles is 1. The summed E-state index contributed by atoms with van der Waals surface area (Å²) >= 11 is 0. The molecule has 0 saturated carbocycles. The topological polar surface area (TPSA) is 95.7 Å². The molecule has 1 amide bonds. The van der Waals surface area contributed by atoms with Crippen LogP contribution < -0.4 is 9.64 Å². The van der Waals surface area contributed by atoms with Crippen molar-refractivity contribution >= 4 is 11.8 Å². The van der Waals surface area contributed by atoms with Crippen LogP contribution in [0.1, 0.15) is 18.4 Å². The minimum Gasteiger partial charge on any atom is -0.486 e. The summed E-state index contributed by atoms with van der Waals surface area (Å²) in [6.07, 6.45) is 0. The van der Waals surface area contributed by atoms with Gasteiger partial charge in [-0.05, 0) is 24.3 Å². The molecule has 3 heterocycles. The molecular formula is C21H20N4O4. The Morgan fingerprint density at radius 2 is 1.90 bits per heavy atom. The fourth-order valence-corrected chi connectivity index (χ4v) is 3.17. The Balaban J connectivity index is 1.47. The van der Waals surface area contributed by atoms with E-state index in [2.05, 4.69) is 11.1 Å². The van der Waals surface area contributed by atoms with Gasteiger partial charge >= 0.3 is 0 Å². The van der Waals surface area contributed by atoms with Crippen molar-refractivity contribution in [3.8, 4) is 23.5 Å². The van der Waals surface area contributed by atoms with E-state index in [0.717, 1.165) is 5.75 Å². The summed E-state index contributed by atoms with van der Waals surface area (Å²) in [5.74, 6) is 2.50. The van der Waals surface area contributed by atoms with Gasteiger partial charge in [0.2, 0.25) is 17.5 Å². The first-order valence-electron chi connectivity index (χ1n) is 9.32. The van der Waals surface area contributed by atoms with Crippen LogP contribution in [0.3, 0.4) is 0 Å². The fraction of sp³-hybridized carbons (Fsp3) is 0.286. The van der Waals surface area contributed by atoms with E-state index in [1.54, 1.807) is 24.0 Å². The van der Waals surface area contributed by atoms with Gasteiger partial charge in [-0.1, -0.05) is 18.2 Å². The van der Waals surface area contributed by atoms with Crippen molar-refractivity contribution in [3.63, 3.8) is 0 Å². The monoisotopic (exact) mass is 392 g/mol. The van der Waals surface area contributed by atoms with E-state index in [9.17, 15) is 10.1 Å². The zero-order valence-electron chi connectivity index (χ0n) is 16.0. The molecule has 148 valence electrons. The summed E-state index contributed by atoms with van der Waals surface area (Å²) < 4.78 is 17.3. The molecule has 0 spiro atoms. The van der Waals surface area contributed by atoms with Gasteiger partial charge in [0, 0.05) is 33.1 Å². The van der Waals surface area contributed by atoms with Crippen LogP contribution in [-0.4, -0.2) is 42.0 Å². The van der Waals surface area contributed by atoms with Crippen LogP contribution in [0.4, 0.5) is 5.88 Å². The number of carbonyl (C=O) groups excluding carboxylic acids is 1. The third-order valence-electron chi connectivity index (χ3n) is 4.72. The molecule has 1 saturated heterocycles. The van der Waals surface area contributed by atoms with Gasteiger partial charge in [0.15, 0.2) is 5.76 Å². The molecule has 1 aliphatic rings. The van der Waals surface area contributed by atoms with E-state index < -0.39 is 0 Å². The molecule has 8 heteroatoms. The molecule has 1 aromatic carbocycles. The molecule has 4 rings (SSSR count). The van der Waals surface area contributed by atoms with Gasteiger partial charge in [-0.15, -0.1) is 0 Å². The third-order valence-corrected chi connectivity index (χ3v) is 4.72. The Kier molecular flexibility index (Phi) is 5.20. The lowest BCUT2D eigenvalue weighted by molar-refractivity contribution is -0.129. The molecule has 0 unspecified atom stereocenters. The van der Waals surface area contributed by atoms with E-state index in [0.29, 0.717) is 43.6 Å². The summed E-state index contributed by atoms with van der Waals surface area (Å²) in [4.78, 5) is 19.5. The SMILES string of the molecule is CC(=O)N1CCN(c2oc(-c3ccc(COc4ccccc4)o3)nc2C#N)CC1. The van der Waals surface area contributed by atoms with E-state index >= 15 is 0 Å². The van der Waals surface area contributed by atoms with Crippen molar-refractivity contribution in [1.82, 2.24) is 9.88 Å². The third kappa shape index (κ3) is 4.09. The summed E-state index contributed by atoms with van der Waals surface area (Å²) in [5, 5.41) is 9.45. The number of piperazine rings is 1. The van der Waals surface area contributed by atoms with Gasteiger partial charge in [0.1, 0.15) is 24.2 Å². The van der Waals surface area contributed by atoms with E-state index in [4.69, 9.17) is 13.6 Å². The lowest BCUT2D eigenvalue weighted by Crippen LogP contribution is -2.48. The number of hydrogen-bond donors (Lipinski definition) is 0. The molecule has 1 aliphatic heterocycles. The van der Waals surface area contributed by atoms with Crippen LogP contribution in [0.2, 0.25) is 0 Å². The van der Waals surface area contributed by atoms with Crippen molar-refractivity contribution in [2.75, 3.05) is 31.1 Å². The van der Waals surface area contributed by atoms with E-state index in [1.807, 2.05) is 35.2 Å². The number of benzene rings is 1. The number of hydrogen-bond acceptors (Lipinski definition) is 7. The highest BCUT2D eigenvalue weighted by molar-refractivity contribution is 5.73. The number of aromatic nitrogens is 1. The Labute approximate surface area is 167 Å². The second kappa shape index (κ2) is 8.10. The number of oxazole rings is 1. The normalized spacial score (nSPS) is 13.9. The fourth-order valence-electron chi connectivity index (χ4n) is 3.17. The summed E-state index contributed by atoms with van der Waals surface area (Å²) in [7, 11) is 0.